The van der Waals surface area contributed by atoms with Gasteiger partial charge in [0.2, 0.25) is 0 Å². The van der Waals surface area contributed by atoms with Crippen LogP contribution in [-0.2, 0) is 11.4 Å². The van der Waals surface area contributed by atoms with Gasteiger partial charge in [0.1, 0.15) is 24.0 Å². The Morgan fingerprint density at radius 2 is 1.73 bits per heavy atom. The number of rotatable bonds is 6. The van der Waals surface area contributed by atoms with E-state index in [2.05, 4.69) is 36.5 Å². The summed E-state index contributed by atoms with van der Waals surface area (Å²) in [7, 11) is 0. The van der Waals surface area contributed by atoms with Crippen molar-refractivity contribution in [2.75, 3.05) is 5.32 Å². The highest BCUT2D eigenvalue weighted by Crippen LogP contribution is 2.27. The van der Waals surface area contributed by atoms with Gasteiger partial charge in [-0.1, -0.05) is 78.3 Å². The van der Waals surface area contributed by atoms with Crippen molar-refractivity contribution in [2.24, 2.45) is 0 Å². The van der Waals surface area contributed by atoms with E-state index in [1.807, 2.05) is 42.5 Å². The van der Waals surface area contributed by atoms with E-state index in [4.69, 9.17) is 16.3 Å². The number of nitriles is 1. The van der Waals surface area contributed by atoms with Crippen LogP contribution in [0.15, 0.2) is 90.5 Å². The van der Waals surface area contributed by atoms with E-state index in [1.165, 1.54) is 6.08 Å². The molecule has 5 heteroatoms. The van der Waals surface area contributed by atoms with Gasteiger partial charge in [-0.25, -0.2) is 0 Å². The number of carbonyl (C=O) groups excluding carboxylic acids is 1. The lowest BCUT2D eigenvalue weighted by Gasteiger charge is -2.14. The summed E-state index contributed by atoms with van der Waals surface area (Å²) < 4.78 is 6.17. The molecular weight excluding hydrogens is 432 g/mol. The quantitative estimate of drug-likeness (QED) is 0.255. The second kappa shape index (κ2) is 10.0. The molecule has 1 N–H and O–H groups in total. The number of anilines is 1. The van der Waals surface area contributed by atoms with E-state index in [0.29, 0.717) is 28.6 Å². The topological polar surface area (TPSA) is 62.1 Å². The van der Waals surface area contributed by atoms with E-state index in [0.717, 1.165) is 21.9 Å². The van der Waals surface area contributed by atoms with Crippen molar-refractivity contribution in [1.29, 1.82) is 5.26 Å². The van der Waals surface area contributed by atoms with Gasteiger partial charge in [-0.3, -0.25) is 4.79 Å². The Kier molecular flexibility index (Phi) is 6.73. The number of fused-ring (bicyclic) bond motifs is 1. The number of halogens is 1. The van der Waals surface area contributed by atoms with E-state index in [-0.39, 0.29) is 5.57 Å². The van der Waals surface area contributed by atoms with Crippen molar-refractivity contribution in [2.45, 2.75) is 13.5 Å². The van der Waals surface area contributed by atoms with Crippen molar-refractivity contribution >= 4 is 40.0 Å². The number of carbonyl (C=O) groups is 1. The molecule has 4 rings (SSSR count). The number of ether oxygens (including phenoxy) is 1. The van der Waals surface area contributed by atoms with Crippen LogP contribution in [0.4, 0.5) is 5.69 Å². The number of amides is 1. The first kappa shape index (κ1) is 22.1. The smallest absolute Gasteiger partial charge is 0.266 e. The second-order valence-corrected chi connectivity index (χ2v) is 7.92. The zero-order valence-electron chi connectivity index (χ0n) is 18.0. The molecule has 33 heavy (non-hydrogen) atoms. The monoisotopic (exact) mass is 452 g/mol. The maximum atomic E-state index is 12.7. The first-order valence-corrected chi connectivity index (χ1v) is 10.8. The van der Waals surface area contributed by atoms with Gasteiger partial charge in [0.05, 0.1) is 10.7 Å². The molecule has 0 heterocycles. The number of hydrogen-bond donors (Lipinski definition) is 1. The summed E-state index contributed by atoms with van der Waals surface area (Å²) in [5, 5.41) is 15.0. The predicted molar refractivity (Wildman–Crippen MR) is 133 cm³/mol. The third-order valence-electron chi connectivity index (χ3n) is 5.35. The maximum absolute atomic E-state index is 12.7. The molecule has 0 bridgehead atoms. The lowest BCUT2D eigenvalue weighted by molar-refractivity contribution is -0.112. The van der Waals surface area contributed by atoms with E-state index >= 15 is 0 Å². The zero-order valence-corrected chi connectivity index (χ0v) is 18.8. The average Bonchev–Trinajstić information content (AvgIpc) is 2.84. The summed E-state index contributed by atoms with van der Waals surface area (Å²) in [4.78, 5) is 12.7. The molecule has 0 saturated carbocycles. The molecule has 1 amide bonds. The predicted octanol–water partition coefficient (Wildman–Crippen LogP) is 6.93. The number of nitrogens with one attached hydrogen (secondary N) is 1. The minimum atomic E-state index is -0.537. The van der Waals surface area contributed by atoms with Crippen LogP contribution in [0.5, 0.6) is 5.75 Å². The SMILES string of the molecule is Cc1ccc2ccccc2c1COc1ccccc1/C=C(\C#N)C(=O)Nc1ccccc1Cl. The first-order valence-electron chi connectivity index (χ1n) is 10.4. The maximum Gasteiger partial charge on any atom is 0.266 e. The molecular formula is C28H21ClN2O2. The molecule has 0 saturated heterocycles. The third-order valence-corrected chi connectivity index (χ3v) is 5.68. The fraction of sp³-hybridized carbons (Fsp3) is 0.0714. The highest BCUT2D eigenvalue weighted by atomic mass is 35.5. The molecule has 0 unspecified atom stereocenters. The molecule has 0 radical (unpaired) electrons. The molecule has 4 aromatic carbocycles. The van der Waals surface area contributed by atoms with Crippen LogP contribution < -0.4 is 10.1 Å². The fourth-order valence-corrected chi connectivity index (χ4v) is 3.76. The number of nitrogens with zero attached hydrogens (tertiary/aromatic N) is 1. The molecule has 4 aromatic rings. The third kappa shape index (κ3) is 5.06. The standard InChI is InChI=1S/C28H21ClN2O2/c1-19-14-15-20-8-2-4-10-23(20)24(19)18-33-27-13-7-3-9-21(27)16-22(17-30)28(32)31-26-12-6-5-11-25(26)29/h2-16H,18H2,1H3,(H,31,32)/b22-16+. The van der Waals surface area contributed by atoms with Gasteiger partial charge in [0.25, 0.3) is 5.91 Å². The van der Waals surface area contributed by atoms with Gasteiger partial charge in [-0.15, -0.1) is 0 Å². The van der Waals surface area contributed by atoms with Crippen molar-refractivity contribution in [1.82, 2.24) is 0 Å². The van der Waals surface area contributed by atoms with E-state index < -0.39 is 5.91 Å². The Labute approximate surface area is 197 Å². The Bertz CT molecular complexity index is 1400. The lowest BCUT2D eigenvalue weighted by Crippen LogP contribution is -2.13. The fourth-order valence-electron chi connectivity index (χ4n) is 3.57. The molecule has 0 aliphatic heterocycles. The molecule has 162 valence electrons. The van der Waals surface area contributed by atoms with Crippen molar-refractivity contribution in [3.63, 3.8) is 0 Å². The molecule has 0 aliphatic rings. The van der Waals surface area contributed by atoms with Crippen LogP contribution in [0.2, 0.25) is 5.02 Å². The Hall–Kier alpha value is -4.07. The summed E-state index contributed by atoms with van der Waals surface area (Å²) in [5.41, 5.74) is 3.28. The molecule has 0 spiro atoms. The van der Waals surface area contributed by atoms with Gasteiger partial charge in [0.15, 0.2) is 0 Å². The van der Waals surface area contributed by atoms with E-state index in [9.17, 15) is 10.1 Å². The Morgan fingerprint density at radius 3 is 2.55 bits per heavy atom. The van der Waals surface area contributed by atoms with Gasteiger partial charge in [-0.2, -0.15) is 5.26 Å². The van der Waals surface area contributed by atoms with Crippen molar-refractivity contribution in [3.8, 4) is 11.8 Å². The Morgan fingerprint density at radius 1 is 1.00 bits per heavy atom. The van der Waals surface area contributed by atoms with E-state index in [1.54, 1.807) is 24.3 Å². The molecule has 4 nitrogen and oxygen atoms in total. The summed E-state index contributed by atoms with van der Waals surface area (Å²) in [6.45, 7) is 2.43. The number of para-hydroxylation sites is 2. The van der Waals surface area contributed by atoms with Gasteiger partial charge < -0.3 is 10.1 Å². The molecule has 0 fully saturated rings. The van der Waals surface area contributed by atoms with Crippen LogP contribution in [-0.4, -0.2) is 5.91 Å². The highest BCUT2D eigenvalue weighted by Gasteiger charge is 2.13. The van der Waals surface area contributed by atoms with Gasteiger partial charge >= 0.3 is 0 Å². The van der Waals surface area contributed by atoms with Crippen LogP contribution in [0.3, 0.4) is 0 Å². The lowest BCUT2D eigenvalue weighted by atomic mass is 10.0. The van der Waals surface area contributed by atoms with Crippen LogP contribution in [0, 0.1) is 18.3 Å². The average molecular weight is 453 g/mol. The second-order valence-electron chi connectivity index (χ2n) is 7.51. The van der Waals surface area contributed by atoms with Crippen molar-refractivity contribution < 1.29 is 9.53 Å². The largest absolute Gasteiger partial charge is 0.488 e. The number of aryl methyl sites for hydroxylation is 1. The Balaban J connectivity index is 1.59. The summed E-state index contributed by atoms with van der Waals surface area (Å²) in [6, 6.07) is 28.6. The minimum absolute atomic E-state index is 0.0488. The molecule has 0 aromatic heterocycles. The normalized spacial score (nSPS) is 11.1. The number of benzene rings is 4. The summed E-state index contributed by atoms with van der Waals surface area (Å²) in [6.07, 6.45) is 1.53. The first-order chi connectivity index (χ1) is 16.1. The van der Waals surface area contributed by atoms with Gasteiger partial charge in [0, 0.05) is 11.1 Å². The zero-order chi connectivity index (χ0) is 23.2. The molecule has 0 aliphatic carbocycles. The van der Waals surface area contributed by atoms with Crippen LogP contribution in [0.1, 0.15) is 16.7 Å². The molecule has 0 atom stereocenters. The number of hydrogen-bond acceptors (Lipinski definition) is 3. The minimum Gasteiger partial charge on any atom is -0.488 e. The van der Waals surface area contributed by atoms with Gasteiger partial charge in [-0.05, 0) is 47.5 Å². The summed E-state index contributed by atoms with van der Waals surface area (Å²) in [5.74, 6) is 0.0495. The van der Waals surface area contributed by atoms with Crippen LogP contribution in [0.25, 0.3) is 16.8 Å². The highest BCUT2D eigenvalue weighted by molar-refractivity contribution is 6.34. The van der Waals surface area contributed by atoms with Crippen molar-refractivity contribution in [3.05, 3.63) is 112 Å². The summed E-state index contributed by atoms with van der Waals surface area (Å²) >= 11 is 6.12. The van der Waals surface area contributed by atoms with Crippen LogP contribution >= 0.6 is 11.6 Å².